The van der Waals surface area contributed by atoms with E-state index in [0.717, 1.165) is 17.0 Å². The van der Waals surface area contributed by atoms with Gasteiger partial charge in [-0.05, 0) is 0 Å². The monoisotopic (exact) mass is 288 g/mol. The minimum atomic E-state index is 0.129. The molecule has 1 aliphatic rings. The van der Waals surface area contributed by atoms with Gasteiger partial charge in [0, 0.05) is 0 Å². The van der Waals surface area contributed by atoms with Gasteiger partial charge >= 0.3 is 104 Å². The van der Waals surface area contributed by atoms with Crippen molar-refractivity contribution in [3.05, 3.63) is 40.8 Å². The Bertz CT molecular complexity index is 720. The molecular weight excluding hydrogens is 279 g/mol. The first-order valence-electron chi connectivity index (χ1n) is 5.39. The molecule has 4 heteroatoms. The standard InChI is InChI=1S/C13H8N2OSe/c1-2-4-9-8(3-1)5-6-10-12(9)13-11(7-16-10)17-15-14-13/h1-6H,7H2. The number of rotatable bonds is 0. The second-order valence-corrected chi connectivity index (χ2v) is 5.75. The second-order valence-electron chi connectivity index (χ2n) is 3.99. The summed E-state index contributed by atoms with van der Waals surface area (Å²) in [6, 6.07) is 12.5. The molecule has 0 spiro atoms. The van der Waals surface area contributed by atoms with E-state index in [1.807, 2.05) is 12.1 Å². The molecule has 0 atom stereocenters. The Labute approximate surface area is 104 Å². The summed E-state index contributed by atoms with van der Waals surface area (Å²) in [6.07, 6.45) is 0. The number of benzene rings is 2. The Kier molecular flexibility index (Phi) is 1.89. The van der Waals surface area contributed by atoms with E-state index in [1.165, 1.54) is 15.2 Å². The molecule has 0 saturated heterocycles. The normalized spacial score (nSPS) is 12.9. The Balaban J connectivity index is 2.17. The van der Waals surface area contributed by atoms with Gasteiger partial charge in [-0.1, -0.05) is 0 Å². The summed E-state index contributed by atoms with van der Waals surface area (Å²) in [5.41, 5.74) is 2.16. The van der Waals surface area contributed by atoms with Gasteiger partial charge in [-0.15, -0.1) is 0 Å². The molecule has 2 aromatic carbocycles. The van der Waals surface area contributed by atoms with E-state index in [2.05, 4.69) is 33.5 Å². The van der Waals surface area contributed by atoms with Crippen molar-refractivity contribution in [3.8, 4) is 17.0 Å². The molecule has 0 bridgehead atoms. The molecule has 0 N–H and O–H groups in total. The summed E-state index contributed by atoms with van der Waals surface area (Å²) in [7, 11) is 0. The SMILES string of the molecule is c1ccc2c3c(ccc2c1)OCc1[se]nnc1-3. The Morgan fingerprint density at radius 1 is 1.12 bits per heavy atom. The first kappa shape index (κ1) is 9.40. The van der Waals surface area contributed by atoms with Crippen LogP contribution in [-0.2, 0) is 6.61 Å². The molecule has 4 rings (SSSR count). The number of nitrogens with zero attached hydrogens (tertiary/aromatic N) is 2. The van der Waals surface area contributed by atoms with Crippen LogP contribution in [0.2, 0.25) is 0 Å². The number of fused-ring (bicyclic) bond motifs is 5. The summed E-state index contributed by atoms with van der Waals surface area (Å²) in [6.45, 7) is 0.647. The molecule has 3 aromatic rings. The zero-order valence-corrected chi connectivity index (χ0v) is 10.6. The zero-order valence-electron chi connectivity index (χ0n) is 8.88. The van der Waals surface area contributed by atoms with E-state index < -0.39 is 0 Å². The number of aromatic nitrogens is 2. The van der Waals surface area contributed by atoms with Gasteiger partial charge in [-0.25, -0.2) is 0 Å². The van der Waals surface area contributed by atoms with Gasteiger partial charge in [-0.3, -0.25) is 0 Å². The minimum absolute atomic E-state index is 0.129. The fourth-order valence-electron chi connectivity index (χ4n) is 2.25. The van der Waals surface area contributed by atoms with E-state index in [-0.39, 0.29) is 14.7 Å². The van der Waals surface area contributed by atoms with Crippen LogP contribution in [0.1, 0.15) is 4.44 Å². The van der Waals surface area contributed by atoms with Gasteiger partial charge in [0.25, 0.3) is 0 Å². The first-order chi connectivity index (χ1) is 8.43. The molecule has 0 fully saturated rings. The molecule has 0 unspecified atom stereocenters. The van der Waals surface area contributed by atoms with Crippen molar-refractivity contribution in [2.75, 3.05) is 0 Å². The summed E-state index contributed by atoms with van der Waals surface area (Å²) in [4.78, 5) is 0. The average Bonchev–Trinajstić information content (AvgIpc) is 2.86. The molecule has 1 aromatic heterocycles. The Hall–Kier alpha value is -1.64. The molecule has 0 aliphatic carbocycles. The van der Waals surface area contributed by atoms with Crippen molar-refractivity contribution < 1.29 is 4.74 Å². The van der Waals surface area contributed by atoms with Gasteiger partial charge < -0.3 is 0 Å². The van der Waals surface area contributed by atoms with E-state index in [9.17, 15) is 0 Å². The fraction of sp³-hybridized carbons (Fsp3) is 0.0769. The third-order valence-electron chi connectivity index (χ3n) is 3.04. The van der Waals surface area contributed by atoms with Gasteiger partial charge in [-0.2, -0.15) is 0 Å². The van der Waals surface area contributed by atoms with E-state index in [1.54, 1.807) is 0 Å². The molecule has 0 saturated carbocycles. The molecule has 1 aliphatic heterocycles. The quantitative estimate of drug-likeness (QED) is 0.595. The average molecular weight is 287 g/mol. The van der Waals surface area contributed by atoms with Crippen LogP contribution in [0.15, 0.2) is 36.4 Å². The molecule has 0 radical (unpaired) electrons. The fourth-order valence-corrected chi connectivity index (χ4v) is 3.43. The molecular formula is C13H8N2OSe. The Morgan fingerprint density at radius 3 is 3.06 bits per heavy atom. The van der Waals surface area contributed by atoms with Crippen molar-refractivity contribution in [2.45, 2.75) is 6.61 Å². The van der Waals surface area contributed by atoms with Crippen LogP contribution < -0.4 is 4.74 Å². The van der Waals surface area contributed by atoms with Gasteiger partial charge in [0.05, 0.1) is 0 Å². The van der Waals surface area contributed by atoms with Crippen LogP contribution in [0.5, 0.6) is 5.75 Å². The van der Waals surface area contributed by atoms with Gasteiger partial charge in [0.2, 0.25) is 0 Å². The maximum absolute atomic E-state index is 5.78. The molecule has 2 heterocycles. The summed E-state index contributed by atoms with van der Waals surface area (Å²) >= 11 is 0.129. The van der Waals surface area contributed by atoms with Crippen molar-refractivity contribution in [1.29, 1.82) is 0 Å². The van der Waals surface area contributed by atoms with Crippen molar-refractivity contribution in [1.82, 2.24) is 9.19 Å². The Morgan fingerprint density at radius 2 is 2.06 bits per heavy atom. The van der Waals surface area contributed by atoms with E-state index in [0.29, 0.717) is 6.61 Å². The maximum atomic E-state index is 5.78. The molecule has 0 amide bonds. The van der Waals surface area contributed by atoms with Crippen LogP contribution in [0, 0.1) is 0 Å². The van der Waals surface area contributed by atoms with Crippen molar-refractivity contribution in [3.63, 3.8) is 0 Å². The van der Waals surface area contributed by atoms with E-state index in [4.69, 9.17) is 4.74 Å². The number of hydrogen-bond donors (Lipinski definition) is 0. The molecule has 17 heavy (non-hydrogen) atoms. The van der Waals surface area contributed by atoms with Crippen LogP contribution in [0.4, 0.5) is 0 Å². The second kappa shape index (κ2) is 3.42. The van der Waals surface area contributed by atoms with Crippen LogP contribution in [-0.4, -0.2) is 23.9 Å². The van der Waals surface area contributed by atoms with Gasteiger partial charge in [0.1, 0.15) is 0 Å². The molecule has 3 nitrogen and oxygen atoms in total. The molecule has 82 valence electrons. The van der Waals surface area contributed by atoms with Crippen molar-refractivity contribution >= 4 is 25.5 Å². The first-order valence-corrected chi connectivity index (χ1v) is 7.02. The summed E-state index contributed by atoms with van der Waals surface area (Å²) in [5, 5.41) is 6.72. The number of hydrogen-bond acceptors (Lipinski definition) is 3. The summed E-state index contributed by atoms with van der Waals surface area (Å²) < 4.78 is 11.2. The van der Waals surface area contributed by atoms with Gasteiger partial charge in [0.15, 0.2) is 0 Å². The van der Waals surface area contributed by atoms with Crippen molar-refractivity contribution in [2.24, 2.45) is 0 Å². The number of ether oxygens (including phenoxy) is 1. The predicted octanol–water partition coefficient (Wildman–Crippen LogP) is 2.25. The zero-order chi connectivity index (χ0) is 11.2. The van der Waals surface area contributed by atoms with Crippen LogP contribution in [0.25, 0.3) is 22.0 Å². The predicted molar refractivity (Wildman–Crippen MR) is 66.2 cm³/mol. The van der Waals surface area contributed by atoms with E-state index >= 15 is 0 Å². The summed E-state index contributed by atoms with van der Waals surface area (Å²) in [5.74, 6) is 0.930. The van der Waals surface area contributed by atoms with Crippen LogP contribution >= 0.6 is 0 Å². The third kappa shape index (κ3) is 1.28. The van der Waals surface area contributed by atoms with Crippen LogP contribution in [0.3, 0.4) is 0 Å². The third-order valence-corrected chi connectivity index (χ3v) is 4.50. The topological polar surface area (TPSA) is 35.0 Å².